The molecule has 1 amide bonds. The number of aromatic nitrogens is 4. The molecule has 2 aromatic carbocycles. The molecule has 2 N–H and O–H groups in total. The van der Waals surface area contributed by atoms with Gasteiger partial charge in [0.2, 0.25) is 0 Å². The van der Waals surface area contributed by atoms with Crippen molar-refractivity contribution in [2.75, 3.05) is 12.4 Å². The molecule has 5 rings (SSSR count). The van der Waals surface area contributed by atoms with Gasteiger partial charge in [0.25, 0.3) is 5.91 Å². The van der Waals surface area contributed by atoms with E-state index in [9.17, 15) is 9.18 Å². The van der Waals surface area contributed by atoms with E-state index in [2.05, 4.69) is 20.7 Å². The summed E-state index contributed by atoms with van der Waals surface area (Å²) in [5, 5.41) is 12.5. The minimum Gasteiger partial charge on any atom is -0.377 e. The van der Waals surface area contributed by atoms with Gasteiger partial charge in [-0.2, -0.15) is 5.10 Å². The number of fused-ring (bicyclic) bond motifs is 1. The Kier molecular flexibility index (Phi) is 7.11. The fourth-order valence-electron chi connectivity index (χ4n) is 4.53. The number of methoxy groups -OCH3 is 1. The number of carbonyl (C=O) groups excluding carboxylic acids is 1. The molecular weight excluding hydrogens is 483 g/mol. The van der Waals surface area contributed by atoms with Crippen molar-refractivity contribution in [3.05, 3.63) is 77.0 Å². The van der Waals surface area contributed by atoms with Crippen molar-refractivity contribution in [2.45, 2.75) is 44.4 Å². The van der Waals surface area contributed by atoms with Gasteiger partial charge in [0, 0.05) is 24.8 Å². The van der Waals surface area contributed by atoms with E-state index in [0.29, 0.717) is 27.9 Å². The minimum atomic E-state index is -0.419. The summed E-state index contributed by atoms with van der Waals surface area (Å²) in [5.74, 6) is 0.562. The molecule has 2 aromatic heterocycles. The first-order chi connectivity index (χ1) is 17.5. The Morgan fingerprint density at radius 1 is 1.11 bits per heavy atom. The van der Waals surface area contributed by atoms with Crippen LogP contribution in [0, 0.1) is 5.82 Å². The van der Waals surface area contributed by atoms with Crippen molar-refractivity contribution in [3.8, 4) is 5.69 Å². The van der Waals surface area contributed by atoms with Crippen molar-refractivity contribution in [2.24, 2.45) is 0 Å². The maximum Gasteiger partial charge on any atom is 0.251 e. The Labute approximate surface area is 212 Å². The maximum atomic E-state index is 13.5. The third-order valence-corrected chi connectivity index (χ3v) is 6.64. The van der Waals surface area contributed by atoms with Crippen LogP contribution in [0.3, 0.4) is 0 Å². The van der Waals surface area contributed by atoms with Crippen LogP contribution in [-0.4, -0.2) is 44.8 Å². The molecular formula is C26H26ClFN6O2. The van der Waals surface area contributed by atoms with Gasteiger partial charge in [-0.3, -0.25) is 4.79 Å². The van der Waals surface area contributed by atoms with Crippen LogP contribution in [0.25, 0.3) is 16.7 Å². The molecule has 186 valence electrons. The van der Waals surface area contributed by atoms with Crippen molar-refractivity contribution in [1.29, 1.82) is 0 Å². The van der Waals surface area contributed by atoms with Gasteiger partial charge < -0.3 is 15.4 Å². The van der Waals surface area contributed by atoms with E-state index in [1.54, 1.807) is 30.1 Å². The highest BCUT2D eigenvalue weighted by molar-refractivity contribution is 6.32. The smallest absolute Gasteiger partial charge is 0.251 e. The zero-order chi connectivity index (χ0) is 25.1. The molecule has 0 bridgehead atoms. The van der Waals surface area contributed by atoms with Crippen LogP contribution in [0.2, 0.25) is 5.02 Å². The fourth-order valence-corrected chi connectivity index (χ4v) is 4.75. The third kappa shape index (κ3) is 5.17. The number of para-hydroxylation sites is 1. The Hall–Kier alpha value is -3.56. The molecule has 4 aromatic rings. The monoisotopic (exact) mass is 508 g/mol. The predicted octanol–water partition coefficient (Wildman–Crippen LogP) is 4.91. The standard InChI is InChI=1S/C26H26ClFN6O2/c1-36-15-23-32-24(20-14-29-34(25(20)33-23)22-8-3-2-7-21(22)27)30-18-9-11-19(12-10-18)31-26(35)16-5-4-6-17(28)13-16/h2-8,13-14,18-19H,9-12,15H2,1H3,(H,31,35)(H,30,32,33). The molecule has 0 spiro atoms. The number of anilines is 1. The molecule has 0 atom stereocenters. The lowest BCUT2D eigenvalue weighted by molar-refractivity contribution is 0.0926. The van der Waals surface area contributed by atoms with E-state index in [4.69, 9.17) is 21.3 Å². The third-order valence-electron chi connectivity index (χ3n) is 6.32. The maximum absolute atomic E-state index is 13.5. The van der Waals surface area contributed by atoms with Crippen molar-refractivity contribution in [1.82, 2.24) is 25.1 Å². The highest BCUT2D eigenvalue weighted by atomic mass is 35.5. The van der Waals surface area contributed by atoms with Gasteiger partial charge in [-0.15, -0.1) is 0 Å². The van der Waals surface area contributed by atoms with Gasteiger partial charge >= 0.3 is 0 Å². The predicted molar refractivity (Wildman–Crippen MR) is 136 cm³/mol. The number of ether oxygens (including phenoxy) is 1. The summed E-state index contributed by atoms with van der Waals surface area (Å²) in [6.45, 7) is 0.261. The first-order valence-corrected chi connectivity index (χ1v) is 12.2. The van der Waals surface area contributed by atoms with E-state index >= 15 is 0 Å². The average molecular weight is 509 g/mol. The van der Waals surface area contributed by atoms with E-state index in [-0.39, 0.29) is 24.6 Å². The summed E-state index contributed by atoms with van der Waals surface area (Å²) < 4.78 is 20.5. The molecule has 0 unspecified atom stereocenters. The second kappa shape index (κ2) is 10.6. The zero-order valence-electron chi connectivity index (χ0n) is 19.7. The molecule has 2 heterocycles. The first-order valence-electron chi connectivity index (χ1n) is 11.8. The fraction of sp³-hybridized carbons (Fsp3) is 0.308. The van der Waals surface area contributed by atoms with Crippen LogP contribution < -0.4 is 10.6 Å². The number of benzene rings is 2. The summed E-state index contributed by atoms with van der Waals surface area (Å²) in [6, 6.07) is 13.4. The molecule has 0 aliphatic heterocycles. The molecule has 1 fully saturated rings. The number of carbonyl (C=O) groups is 1. The van der Waals surface area contributed by atoms with Crippen LogP contribution in [0.5, 0.6) is 0 Å². The molecule has 10 heteroatoms. The van der Waals surface area contributed by atoms with Gasteiger partial charge in [-0.25, -0.2) is 19.0 Å². The zero-order valence-corrected chi connectivity index (χ0v) is 20.5. The topological polar surface area (TPSA) is 94.0 Å². The Bertz CT molecular complexity index is 1390. The normalized spacial score (nSPS) is 17.8. The molecule has 0 radical (unpaired) electrons. The largest absolute Gasteiger partial charge is 0.377 e. The second-order valence-corrected chi connectivity index (χ2v) is 9.25. The van der Waals surface area contributed by atoms with Crippen molar-refractivity contribution >= 4 is 34.4 Å². The Morgan fingerprint density at radius 3 is 2.64 bits per heavy atom. The number of nitrogens with one attached hydrogen (secondary N) is 2. The van der Waals surface area contributed by atoms with Crippen molar-refractivity contribution in [3.63, 3.8) is 0 Å². The van der Waals surface area contributed by atoms with Gasteiger partial charge in [0.05, 0.1) is 22.3 Å². The lowest BCUT2D eigenvalue weighted by atomic mass is 9.91. The molecule has 1 aliphatic carbocycles. The van der Waals surface area contributed by atoms with Gasteiger partial charge in [-0.05, 0) is 56.0 Å². The Morgan fingerprint density at radius 2 is 1.89 bits per heavy atom. The number of nitrogens with zero attached hydrogens (tertiary/aromatic N) is 4. The van der Waals surface area contributed by atoms with Crippen LogP contribution in [-0.2, 0) is 11.3 Å². The molecule has 36 heavy (non-hydrogen) atoms. The molecule has 0 saturated heterocycles. The first kappa shape index (κ1) is 24.1. The highest BCUT2D eigenvalue weighted by Crippen LogP contribution is 2.29. The molecule has 8 nitrogen and oxygen atoms in total. The molecule has 1 aliphatic rings. The van der Waals surface area contributed by atoms with Crippen LogP contribution in [0.15, 0.2) is 54.7 Å². The van der Waals surface area contributed by atoms with E-state index < -0.39 is 5.82 Å². The highest BCUT2D eigenvalue weighted by Gasteiger charge is 2.25. The molecule has 1 saturated carbocycles. The van der Waals surface area contributed by atoms with Gasteiger partial charge in [-0.1, -0.05) is 29.8 Å². The summed E-state index contributed by atoms with van der Waals surface area (Å²) in [5.41, 5.74) is 1.71. The van der Waals surface area contributed by atoms with Gasteiger partial charge in [0.15, 0.2) is 11.5 Å². The summed E-state index contributed by atoms with van der Waals surface area (Å²) in [4.78, 5) is 21.8. The van der Waals surface area contributed by atoms with Crippen LogP contribution in [0.1, 0.15) is 41.9 Å². The summed E-state index contributed by atoms with van der Waals surface area (Å²) >= 11 is 6.42. The van der Waals surface area contributed by atoms with E-state index in [1.165, 1.54) is 12.1 Å². The number of halogens is 2. The quantitative estimate of drug-likeness (QED) is 0.368. The summed E-state index contributed by atoms with van der Waals surface area (Å²) in [6.07, 6.45) is 5.03. The van der Waals surface area contributed by atoms with E-state index in [1.807, 2.05) is 24.3 Å². The van der Waals surface area contributed by atoms with Crippen LogP contribution in [0.4, 0.5) is 10.2 Å². The number of hydrogen-bond acceptors (Lipinski definition) is 6. The minimum absolute atomic E-state index is 0.0382. The lowest BCUT2D eigenvalue weighted by Gasteiger charge is -2.30. The Balaban J connectivity index is 1.31. The SMILES string of the molecule is COCc1nc(NC2CCC(NC(=O)c3cccc(F)c3)CC2)c2cnn(-c3ccccc3Cl)c2n1. The van der Waals surface area contributed by atoms with Gasteiger partial charge in [0.1, 0.15) is 18.2 Å². The lowest BCUT2D eigenvalue weighted by Crippen LogP contribution is -2.40. The van der Waals surface area contributed by atoms with E-state index in [0.717, 1.165) is 36.8 Å². The van der Waals surface area contributed by atoms with Crippen molar-refractivity contribution < 1.29 is 13.9 Å². The number of rotatable bonds is 7. The number of amides is 1. The number of hydrogen-bond donors (Lipinski definition) is 2. The average Bonchev–Trinajstić information content (AvgIpc) is 3.30. The second-order valence-electron chi connectivity index (χ2n) is 8.84. The van der Waals surface area contributed by atoms with Crippen LogP contribution >= 0.6 is 11.6 Å². The summed E-state index contributed by atoms with van der Waals surface area (Å²) in [7, 11) is 1.60.